The van der Waals surface area contributed by atoms with Gasteiger partial charge in [0.25, 0.3) is 0 Å². The number of aromatic amines is 1. The fraction of sp³-hybridized carbons (Fsp3) is 0.417. The summed E-state index contributed by atoms with van der Waals surface area (Å²) in [4.78, 5) is 23.2. The molecule has 2 heterocycles. The van der Waals surface area contributed by atoms with E-state index in [4.69, 9.17) is 4.42 Å². The lowest BCUT2D eigenvalue weighted by Gasteiger charge is -2.04. The Labute approximate surface area is 119 Å². The predicted molar refractivity (Wildman–Crippen MR) is 74.4 cm³/mol. The van der Waals surface area contributed by atoms with Crippen LogP contribution in [-0.4, -0.2) is 26.4 Å². The van der Waals surface area contributed by atoms with Crippen LogP contribution in [0.4, 0.5) is 0 Å². The molecular weight excluding hydrogens is 280 g/mol. The van der Waals surface area contributed by atoms with Crippen LogP contribution in [0, 0.1) is 0 Å². The minimum Gasteiger partial charge on any atom is -0.467 e. The molecule has 0 bridgehead atoms. The van der Waals surface area contributed by atoms with Crippen molar-refractivity contribution in [2.24, 2.45) is 0 Å². The van der Waals surface area contributed by atoms with Crippen LogP contribution in [0.25, 0.3) is 0 Å². The summed E-state index contributed by atoms with van der Waals surface area (Å²) in [7, 11) is 0. The lowest BCUT2D eigenvalue weighted by Crippen LogP contribution is -2.24. The lowest BCUT2D eigenvalue weighted by atomic mass is 10.4. The first-order chi connectivity index (χ1) is 9.70. The molecule has 20 heavy (non-hydrogen) atoms. The van der Waals surface area contributed by atoms with Crippen LogP contribution in [0.1, 0.15) is 19.1 Å². The summed E-state index contributed by atoms with van der Waals surface area (Å²) in [6.45, 7) is 2.92. The Bertz CT molecular complexity index is 603. The number of hydrogen-bond acceptors (Lipinski definition) is 5. The van der Waals surface area contributed by atoms with Gasteiger partial charge in [0, 0.05) is 6.54 Å². The van der Waals surface area contributed by atoms with Gasteiger partial charge in [-0.25, -0.2) is 9.89 Å². The van der Waals surface area contributed by atoms with Crippen molar-refractivity contribution in [3.05, 3.63) is 34.6 Å². The first-order valence-electron chi connectivity index (χ1n) is 6.27. The Balaban J connectivity index is 1.82. The zero-order chi connectivity index (χ0) is 14.4. The van der Waals surface area contributed by atoms with E-state index in [-0.39, 0.29) is 17.3 Å². The molecule has 1 amide bonds. The van der Waals surface area contributed by atoms with Crippen LogP contribution >= 0.6 is 11.8 Å². The summed E-state index contributed by atoms with van der Waals surface area (Å²) in [5.41, 5.74) is -0.245. The number of H-pyrrole nitrogens is 1. The average molecular weight is 296 g/mol. The van der Waals surface area contributed by atoms with Crippen molar-refractivity contribution in [2.45, 2.75) is 31.6 Å². The highest BCUT2D eigenvalue weighted by Crippen LogP contribution is 2.12. The molecule has 7 nitrogen and oxygen atoms in total. The molecule has 0 aliphatic rings. The molecule has 0 aliphatic carbocycles. The maximum absolute atomic E-state index is 11.7. The molecule has 0 saturated carbocycles. The van der Waals surface area contributed by atoms with E-state index in [1.807, 2.05) is 6.92 Å². The number of amides is 1. The first-order valence-corrected chi connectivity index (χ1v) is 7.26. The predicted octanol–water partition coefficient (Wildman–Crippen LogP) is 0.983. The number of furan rings is 1. The molecule has 0 fully saturated rings. The minimum atomic E-state index is -0.245. The number of nitrogens with one attached hydrogen (secondary N) is 2. The summed E-state index contributed by atoms with van der Waals surface area (Å²) in [5, 5.41) is 9.56. The molecule has 108 valence electrons. The van der Waals surface area contributed by atoms with Gasteiger partial charge in [0.15, 0.2) is 5.16 Å². The number of hydrogen-bond donors (Lipinski definition) is 2. The van der Waals surface area contributed by atoms with Crippen molar-refractivity contribution in [2.75, 3.05) is 5.75 Å². The number of aromatic nitrogens is 3. The van der Waals surface area contributed by atoms with Crippen LogP contribution in [0.15, 0.2) is 32.8 Å². The molecule has 0 unspecified atom stereocenters. The van der Waals surface area contributed by atoms with Gasteiger partial charge in [-0.3, -0.25) is 9.36 Å². The summed E-state index contributed by atoms with van der Waals surface area (Å²) >= 11 is 1.23. The van der Waals surface area contributed by atoms with Crippen LogP contribution in [0.5, 0.6) is 0 Å². The van der Waals surface area contributed by atoms with E-state index in [0.29, 0.717) is 24.0 Å². The van der Waals surface area contributed by atoms with E-state index in [9.17, 15) is 9.59 Å². The fourth-order valence-electron chi connectivity index (χ4n) is 1.61. The number of carbonyl (C=O) groups is 1. The van der Waals surface area contributed by atoms with Gasteiger partial charge >= 0.3 is 5.69 Å². The summed E-state index contributed by atoms with van der Waals surface area (Å²) in [5.74, 6) is 0.769. The average Bonchev–Trinajstić information content (AvgIpc) is 3.06. The van der Waals surface area contributed by atoms with Gasteiger partial charge in [0.05, 0.1) is 18.6 Å². The second-order valence-corrected chi connectivity index (χ2v) is 5.05. The van der Waals surface area contributed by atoms with Gasteiger partial charge < -0.3 is 9.73 Å². The number of thioether (sulfide) groups is 1. The van der Waals surface area contributed by atoms with Crippen molar-refractivity contribution in [1.82, 2.24) is 20.1 Å². The smallest absolute Gasteiger partial charge is 0.343 e. The zero-order valence-electron chi connectivity index (χ0n) is 11.1. The van der Waals surface area contributed by atoms with Gasteiger partial charge in [0.2, 0.25) is 5.91 Å². The van der Waals surface area contributed by atoms with E-state index >= 15 is 0 Å². The maximum Gasteiger partial charge on any atom is 0.343 e. The Morgan fingerprint density at radius 3 is 3.15 bits per heavy atom. The molecule has 2 aromatic heterocycles. The number of carbonyl (C=O) groups excluding carboxylic acids is 1. The quantitative estimate of drug-likeness (QED) is 0.743. The van der Waals surface area contributed by atoms with Gasteiger partial charge in [-0.1, -0.05) is 18.7 Å². The number of rotatable bonds is 7. The summed E-state index contributed by atoms with van der Waals surface area (Å²) in [6.07, 6.45) is 2.39. The van der Waals surface area contributed by atoms with Gasteiger partial charge in [-0.15, -0.1) is 5.10 Å². The third kappa shape index (κ3) is 3.77. The molecule has 0 radical (unpaired) electrons. The standard InChI is InChI=1S/C12H16N4O3S/c1-2-5-16-11(18)14-15-12(16)20-8-10(17)13-7-9-4-3-6-19-9/h3-4,6H,2,5,7-8H2,1H3,(H,13,17)(H,14,18). The van der Waals surface area contributed by atoms with E-state index in [1.54, 1.807) is 18.4 Å². The largest absolute Gasteiger partial charge is 0.467 e. The number of nitrogens with zero attached hydrogens (tertiary/aromatic N) is 2. The van der Waals surface area contributed by atoms with Crippen molar-refractivity contribution < 1.29 is 9.21 Å². The van der Waals surface area contributed by atoms with Crippen molar-refractivity contribution in [3.8, 4) is 0 Å². The third-order valence-electron chi connectivity index (χ3n) is 2.54. The zero-order valence-corrected chi connectivity index (χ0v) is 11.9. The van der Waals surface area contributed by atoms with E-state index < -0.39 is 0 Å². The SMILES string of the molecule is CCCn1c(SCC(=O)NCc2ccco2)n[nH]c1=O. The highest BCUT2D eigenvalue weighted by Gasteiger charge is 2.10. The Kier molecular flexibility index (Phi) is 5.05. The molecule has 0 aromatic carbocycles. The molecular formula is C12H16N4O3S. The highest BCUT2D eigenvalue weighted by molar-refractivity contribution is 7.99. The van der Waals surface area contributed by atoms with E-state index in [0.717, 1.165) is 6.42 Å². The van der Waals surface area contributed by atoms with E-state index in [1.165, 1.54) is 16.3 Å². The Hall–Kier alpha value is -1.96. The van der Waals surface area contributed by atoms with Crippen LogP contribution in [0.2, 0.25) is 0 Å². The Morgan fingerprint density at radius 2 is 2.45 bits per heavy atom. The highest BCUT2D eigenvalue weighted by atomic mass is 32.2. The molecule has 0 aliphatic heterocycles. The van der Waals surface area contributed by atoms with Crippen molar-refractivity contribution in [1.29, 1.82) is 0 Å². The lowest BCUT2D eigenvalue weighted by molar-refractivity contribution is -0.118. The third-order valence-corrected chi connectivity index (χ3v) is 3.52. The van der Waals surface area contributed by atoms with E-state index in [2.05, 4.69) is 15.5 Å². The Morgan fingerprint density at radius 1 is 1.60 bits per heavy atom. The van der Waals surface area contributed by atoms with Crippen LogP contribution < -0.4 is 11.0 Å². The van der Waals surface area contributed by atoms with Crippen molar-refractivity contribution in [3.63, 3.8) is 0 Å². The molecule has 0 spiro atoms. The minimum absolute atomic E-state index is 0.134. The fourth-order valence-corrected chi connectivity index (χ4v) is 2.42. The van der Waals surface area contributed by atoms with Crippen molar-refractivity contribution >= 4 is 17.7 Å². The molecule has 0 atom stereocenters. The van der Waals surface area contributed by atoms with Gasteiger partial charge in [-0.2, -0.15) is 0 Å². The van der Waals surface area contributed by atoms with Gasteiger partial charge in [0.1, 0.15) is 5.76 Å². The first kappa shape index (κ1) is 14.4. The topological polar surface area (TPSA) is 92.9 Å². The molecule has 2 aromatic rings. The molecule has 0 saturated heterocycles. The van der Waals surface area contributed by atoms with Crippen LogP contribution in [-0.2, 0) is 17.9 Å². The monoisotopic (exact) mass is 296 g/mol. The summed E-state index contributed by atoms with van der Waals surface area (Å²) in [6, 6.07) is 3.56. The normalized spacial score (nSPS) is 10.7. The second-order valence-electron chi connectivity index (χ2n) is 4.11. The molecule has 2 N–H and O–H groups in total. The molecule has 8 heteroatoms. The maximum atomic E-state index is 11.7. The van der Waals surface area contributed by atoms with Gasteiger partial charge in [-0.05, 0) is 18.6 Å². The summed E-state index contributed by atoms with van der Waals surface area (Å²) < 4.78 is 6.65. The second kappa shape index (κ2) is 6.99. The van der Waals surface area contributed by atoms with Crippen LogP contribution in [0.3, 0.4) is 0 Å². The molecule has 2 rings (SSSR count).